The van der Waals surface area contributed by atoms with Crippen LogP contribution in [-0.4, -0.2) is 11.5 Å². The molecule has 19 heavy (non-hydrogen) atoms. The molecule has 0 spiro atoms. The Morgan fingerprint density at radius 3 is 2.89 bits per heavy atom. The second-order valence-corrected chi connectivity index (χ2v) is 5.23. The van der Waals surface area contributed by atoms with Crippen molar-refractivity contribution in [1.82, 2.24) is 4.98 Å². The quantitative estimate of drug-likeness (QED) is 0.894. The lowest BCUT2D eigenvalue weighted by molar-refractivity contribution is 0.373. The van der Waals surface area contributed by atoms with Crippen molar-refractivity contribution in [3.63, 3.8) is 0 Å². The smallest absolute Gasteiger partial charge is 0.408 e. The molecule has 1 aromatic heterocycles. The van der Waals surface area contributed by atoms with Crippen molar-refractivity contribution >= 4 is 16.8 Å². The third-order valence-electron chi connectivity index (χ3n) is 3.81. The van der Waals surface area contributed by atoms with Crippen LogP contribution in [0.3, 0.4) is 0 Å². The van der Waals surface area contributed by atoms with E-state index in [1.54, 1.807) is 6.07 Å². The molecule has 3 rings (SSSR count). The van der Waals surface area contributed by atoms with E-state index in [0.717, 1.165) is 6.54 Å². The molecule has 2 aromatic rings. The molecule has 0 saturated heterocycles. The van der Waals surface area contributed by atoms with Gasteiger partial charge in [-0.2, -0.15) is 0 Å². The number of hydrogen-bond acceptors (Lipinski definition) is 3. The van der Waals surface area contributed by atoms with Crippen LogP contribution < -0.4 is 11.1 Å². The third-order valence-corrected chi connectivity index (χ3v) is 3.81. The van der Waals surface area contributed by atoms with Gasteiger partial charge in [-0.3, -0.25) is 4.98 Å². The van der Waals surface area contributed by atoms with Crippen LogP contribution >= 0.6 is 0 Å². The summed E-state index contributed by atoms with van der Waals surface area (Å²) in [6, 6.07) is 2.84. The second kappa shape index (κ2) is 5.07. The Morgan fingerprint density at radius 2 is 2.11 bits per heavy atom. The van der Waals surface area contributed by atoms with Gasteiger partial charge in [0.1, 0.15) is 5.82 Å². The summed E-state index contributed by atoms with van der Waals surface area (Å²) in [6.07, 6.45) is 6.25. The van der Waals surface area contributed by atoms with Crippen LogP contribution in [0.15, 0.2) is 21.3 Å². The fourth-order valence-corrected chi connectivity index (χ4v) is 2.75. The maximum absolute atomic E-state index is 13.9. The highest BCUT2D eigenvalue weighted by molar-refractivity contribution is 5.77. The number of hydrogen-bond donors (Lipinski definition) is 2. The van der Waals surface area contributed by atoms with Gasteiger partial charge >= 0.3 is 5.76 Å². The van der Waals surface area contributed by atoms with Crippen molar-refractivity contribution in [3.05, 3.63) is 28.5 Å². The molecule has 0 bridgehead atoms. The van der Waals surface area contributed by atoms with Crippen molar-refractivity contribution in [3.8, 4) is 0 Å². The maximum Gasteiger partial charge on any atom is 0.417 e. The Labute approximate surface area is 110 Å². The van der Waals surface area contributed by atoms with E-state index in [2.05, 4.69) is 10.3 Å². The van der Waals surface area contributed by atoms with Gasteiger partial charge < -0.3 is 9.73 Å². The Kier molecular flexibility index (Phi) is 3.27. The maximum atomic E-state index is 13.9. The number of oxazole rings is 1. The molecule has 2 N–H and O–H groups in total. The Hall–Kier alpha value is -1.78. The molecule has 1 aromatic carbocycles. The van der Waals surface area contributed by atoms with E-state index >= 15 is 0 Å². The zero-order chi connectivity index (χ0) is 13.2. The predicted octanol–water partition coefficient (Wildman–Crippen LogP) is 3.25. The first-order chi connectivity index (χ1) is 9.22. The molecule has 4 nitrogen and oxygen atoms in total. The van der Waals surface area contributed by atoms with Crippen molar-refractivity contribution < 1.29 is 8.81 Å². The fourth-order valence-electron chi connectivity index (χ4n) is 2.75. The van der Waals surface area contributed by atoms with Crippen LogP contribution in [-0.2, 0) is 0 Å². The van der Waals surface area contributed by atoms with Gasteiger partial charge in [0.2, 0.25) is 0 Å². The molecular formula is C14H17FN2O2. The molecule has 1 fully saturated rings. The highest BCUT2D eigenvalue weighted by Gasteiger charge is 2.14. The van der Waals surface area contributed by atoms with Gasteiger partial charge in [0.15, 0.2) is 5.58 Å². The van der Waals surface area contributed by atoms with Gasteiger partial charge in [0, 0.05) is 18.7 Å². The highest BCUT2D eigenvalue weighted by atomic mass is 19.1. The number of nitrogens with one attached hydrogen (secondary N) is 2. The van der Waals surface area contributed by atoms with Crippen molar-refractivity contribution in [2.24, 2.45) is 5.92 Å². The summed E-state index contributed by atoms with van der Waals surface area (Å²) in [5, 5.41) is 3.13. The fraction of sp³-hybridized carbons (Fsp3) is 0.500. The Morgan fingerprint density at radius 1 is 1.32 bits per heavy atom. The zero-order valence-corrected chi connectivity index (χ0v) is 10.7. The number of fused-ring (bicyclic) bond motifs is 1. The van der Waals surface area contributed by atoms with E-state index in [4.69, 9.17) is 4.42 Å². The van der Waals surface area contributed by atoms with Crippen molar-refractivity contribution in [2.45, 2.75) is 32.1 Å². The van der Waals surface area contributed by atoms with Crippen LogP contribution in [0.2, 0.25) is 0 Å². The molecule has 5 heteroatoms. The minimum absolute atomic E-state index is 0.361. The Balaban J connectivity index is 1.76. The number of aromatic nitrogens is 1. The number of benzene rings is 1. The predicted molar refractivity (Wildman–Crippen MR) is 71.9 cm³/mol. The number of H-pyrrole nitrogens is 1. The molecule has 0 radical (unpaired) electrons. The summed E-state index contributed by atoms with van der Waals surface area (Å²) in [5.41, 5.74) is 1.18. The number of aromatic amines is 1. The first-order valence-electron chi connectivity index (χ1n) is 6.78. The van der Waals surface area contributed by atoms with E-state index in [-0.39, 0.29) is 5.82 Å². The summed E-state index contributed by atoms with van der Waals surface area (Å²) in [4.78, 5) is 13.5. The lowest BCUT2D eigenvalue weighted by Gasteiger charge is -2.22. The molecule has 1 saturated carbocycles. The van der Waals surface area contributed by atoms with Gasteiger partial charge in [-0.15, -0.1) is 0 Å². The molecule has 0 atom stereocenters. The lowest BCUT2D eigenvalue weighted by atomic mass is 9.89. The van der Waals surface area contributed by atoms with E-state index < -0.39 is 5.76 Å². The van der Waals surface area contributed by atoms with Crippen LogP contribution in [0, 0.1) is 11.7 Å². The number of anilines is 1. The van der Waals surface area contributed by atoms with Gasteiger partial charge in [-0.25, -0.2) is 9.18 Å². The van der Waals surface area contributed by atoms with Crippen LogP contribution in [0.25, 0.3) is 11.1 Å². The second-order valence-electron chi connectivity index (χ2n) is 5.23. The molecule has 1 aliphatic carbocycles. The minimum Gasteiger partial charge on any atom is -0.408 e. The third kappa shape index (κ3) is 2.64. The largest absolute Gasteiger partial charge is 0.417 e. The van der Waals surface area contributed by atoms with Gasteiger partial charge in [0.25, 0.3) is 0 Å². The highest BCUT2D eigenvalue weighted by Crippen LogP contribution is 2.26. The van der Waals surface area contributed by atoms with E-state index in [1.807, 2.05) is 0 Å². The van der Waals surface area contributed by atoms with Crippen LogP contribution in [0.4, 0.5) is 10.1 Å². The molecule has 1 heterocycles. The number of rotatable bonds is 3. The normalized spacial score (nSPS) is 16.9. The molecule has 1 aliphatic rings. The van der Waals surface area contributed by atoms with Crippen LogP contribution in [0.1, 0.15) is 32.1 Å². The molecule has 0 aliphatic heterocycles. The molecule has 0 amide bonds. The van der Waals surface area contributed by atoms with E-state index in [0.29, 0.717) is 22.7 Å². The van der Waals surface area contributed by atoms with Gasteiger partial charge in [-0.05, 0) is 18.8 Å². The Bertz CT molecular complexity index is 626. The zero-order valence-electron chi connectivity index (χ0n) is 10.7. The molecular weight excluding hydrogens is 247 g/mol. The summed E-state index contributed by atoms with van der Waals surface area (Å²) < 4.78 is 18.8. The molecule has 102 valence electrons. The lowest BCUT2D eigenvalue weighted by Crippen LogP contribution is -2.17. The number of halogens is 1. The van der Waals surface area contributed by atoms with Crippen molar-refractivity contribution in [1.29, 1.82) is 0 Å². The van der Waals surface area contributed by atoms with Gasteiger partial charge in [-0.1, -0.05) is 19.3 Å². The monoisotopic (exact) mass is 264 g/mol. The minimum atomic E-state index is -0.557. The topological polar surface area (TPSA) is 58.0 Å². The van der Waals surface area contributed by atoms with E-state index in [9.17, 15) is 9.18 Å². The summed E-state index contributed by atoms with van der Waals surface area (Å²) in [5.74, 6) is -0.304. The van der Waals surface area contributed by atoms with E-state index in [1.165, 1.54) is 38.2 Å². The van der Waals surface area contributed by atoms with Gasteiger partial charge in [0.05, 0.1) is 11.2 Å². The summed E-state index contributed by atoms with van der Waals surface area (Å²) >= 11 is 0. The first-order valence-corrected chi connectivity index (χ1v) is 6.78. The average molecular weight is 264 g/mol. The summed E-state index contributed by atoms with van der Waals surface area (Å²) in [6.45, 7) is 0.775. The SMILES string of the molecule is O=c1[nH]c2cc(F)c(NCC3CCCCC3)cc2o1. The molecule has 0 unspecified atom stereocenters. The standard InChI is InChI=1S/C14H17FN2O2/c15-10-6-12-13(19-14(18)17-12)7-11(10)16-8-9-4-2-1-3-5-9/h6-7,9,16H,1-5,8H2,(H,17,18). The average Bonchev–Trinajstić information content (AvgIpc) is 2.76. The first kappa shape index (κ1) is 12.3. The van der Waals surface area contributed by atoms with Crippen LogP contribution in [0.5, 0.6) is 0 Å². The summed E-state index contributed by atoms with van der Waals surface area (Å²) in [7, 11) is 0. The van der Waals surface area contributed by atoms with Crippen molar-refractivity contribution in [2.75, 3.05) is 11.9 Å².